The lowest BCUT2D eigenvalue weighted by Crippen LogP contribution is -2.43. The van der Waals surface area contributed by atoms with E-state index >= 15 is 0 Å². The predicted molar refractivity (Wildman–Crippen MR) is 96.6 cm³/mol. The molecule has 0 aliphatic carbocycles. The second kappa shape index (κ2) is 6.76. The fraction of sp³-hybridized carbons (Fsp3) is 0.444. The SMILES string of the molecule is Cc1cc(C)nc(N2CCC(NCc3nnc4ccccn34)CC2)n1. The van der Waals surface area contributed by atoms with Gasteiger partial charge in [-0.15, -0.1) is 10.2 Å². The minimum Gasteiger partial charge on any atom is -0.341 e. The van der Waals surface area contributed by atoms with E-state index in [1.54, 1.807) is 0 Å². The number of pyridine rings is 1. The molecule has 0 bridgehead atoms. The van der Waals surface area contributed by atoms with Crippen molar-refractivity contribution in [1.82, 2.24) is 29.9 Å². The van der Waals surface area contributed by atoms with Gasteiger partial charge in [0.15, 0.2) is 11.5 Å². The van der Waals surface area contributed by atoms with E-state index in [1.165, 1.54) is 0 Å². The number of hydrogen-bond acceptors (Lipinski definition) is 6. The summed E-state index contributed by atoms with van der Waals surface area (Å²) in [6.07, 6.45) is 4.16. The number of aromatic nitrogens is 5. The zero-order valence-electron chi connectivity index (χ0n) is 14.7. The molecular formula is C18H23N7. The van der Waals surface area contributed by atoms with E-state index < -0.39 is 0 Å². The zero-order chi connectivity index (χ0) is 17.2. The number of hydrogen-bond donors (Lipinski definition) is 1. The van der Waals surface area contributed by atoms with Gasteiger partial charge in [-0.1, -0.05) is 6.07 Å². The summed E-state index contributed by atoms with van der Waals surface area (Å²) < 4.78 is 2.03. The van der Waals surface area contributed by atoms with Crippen LogP contribution in [0.4, 0.5) is 5.95 Å². The standard InChI is InChI=1S/C18H23N7/c1-13-11-14(2)21-18(20-13)24-9-6-15(7-10-24)19-12-17-23-22-16-5-3-4-8-25(16)17/h3-5,8,11,15,19H,6-7,9-10,12H2,1-2H3. The molecule has 1 saturated heterocycles. The first kappa shape index (κ1) is 16.0. The Morgan fingerprint density at radius 1 is 1.08 bits per heavy atom. The van der Waals surface area contributed by atoms with Crippen molar-refractivity contribution in [2.45, 2.75) is 39.3 Å². The Bertz CT molecular complexity index is 844. The first-order valence-corrected chi connectivity index (χ1v) is 8.78. The number of fused-ring (bicyclic) bond motifs is 1. The lowest BCUT2D eigenvalue weighted by atomic mass is 10.1. The molecule has 0 aromatic carbocycles. The molecule has 0 atom stereocenters. The summed E-state index contributed by atoms with van der Waals surface area (Å²) in [7, 11) is 0. The van der Waals surface area contributed by atoms with Crippen molar-refractivity contribution in [3.8, 4) is 0 Å². The average molecular weight is 337 g/mol. The number of aryl methyl sites for hydroxylation is 2. The van der Waals surface area contributed by atoms with Gasteiger partial charge in [0.05, 0.1) is 6.54 Å². The first-order valence-electron chi connectivity index (χ1n) is 8.78. The monoisotopic (exact) mass is 337 g/mol. The number of nitrogens with one attached hydrogen (secondary N) is 1. The third-order valence-electron chi connectivity index (χ3n) is 4.68. The van der Waals surface area contributed by atoms with Crippen LogP contribution in [0.25, 0.3) is 5.65 Å². The Hall–Kier alpha value is -2.54. The molecule has 1 aliphatic rings. The highest BCUT2D eigenvalue weighted by Crippen LogP contribution is 2.17. The minimum absolute atomic E-state index is 0.484. The van der Waals surface area contributed by atoms with Crippen LogP contribution in [0, 0.1) is 13.8 Å². The first-order chi connectivity index (χ1) is 12.2. The van der Waals surface area contributed by atoms with Gasteiger partial charge in [-0.25, -0.2) is 9.97 Å². The van der Waals surface area contributed by atoms with E-state index in [0.29, 0.717) is 6.04 Å². The van der Waals surface area contributed by atoms with Crippen molar-refractivity contribution in [3.05, 3.63) is 47.7 Å². The summed E-state index contributed by atoms with van der Waals surface area (Å²) in [5.74, 6) is 1.81. The van der Waals surface area contributed by atoms with E-state index in [9.17, 15) is 0 Å². The van der Waals surface area contributed by atoms with Crippen LogP contribution in [-0.4, -0.2) is 43.7 Å². The van der Waals surface area contributed by atoms with Crippen LogP contribution in [0.15, 0.2) is 30.5 Å². The van der Waals surface area contributed by atoms with Gasteiger partial charge in [0.25, 0.3) is 0 Å². The molecule has 3 aromatic rings. The molecule has 7 heteroatoms. The van der Waals surface area contributed by atoms with Gasteiger partial charge in [0.1, 0.15) is 0 Å². The third-order valence-corrected chi connectivity index (χ3v) is 4.68. The molecule has 4 heterocycles. The molecule has 3 aromatic heterocycles. The smallest absolute Gasteiger partial charge is 0.225 e. The largest absolute Gasteiger partial charge is 0.341 e. The fourth-order valence-corrected chi connectivity index (χ4v) is 3.38. The summed E-state index contributed by atoms with van der Waals surface area (Å²) in [6.45, 7) is 6.73. The van der Waals surface area contributed by atoms with Crippen LogP contribution < -0.4 is 10.2 Å². The average Bonchev–Trinajstić information content (AvgIpc) is 3.03. The van der Waals surface area contributed by atoms with Gasteiger partial charge in [-0.3, -0.25) is 4.40 Å². The molecule has 25 heavy (non-hydrogen) atoms. The lowest BCUT2D eigenvalue weighted by molar-refractivity contribution is 0.406. The summed E-state index contributed by atoms with van der Waals surface area (Å²) in [6, 6.07) is 8.45. The molecule has 1 aliphatic heterocycles. The Morgan fingerprint density at radius 3 is 2.60 bits per heavy atom. The lowest BCUT2D eigenvalue weighted by Gasteiger charge is -2.32. The summed E-state index contributed by atoms with van der Waals surface area (Å²) in [5, 5.41) is 12.1. The summed E-state index contributed by atoms with van der Waals surface area (Å²) in [4.78, 5) is 11.4. The Labute approximate surface area is 147 Å². The zero-order valence-corrected chi connectivity index (χ0v) is 14.7. The molecule has 130 valence electrons. The van der Waals surface area contributed by atoms with Crippen LogP contribution in [0.5, 0.6) is 0 Å². The fourth-order valence-electron chi connectivity index (χ4n) is 3.38. The van der Waals surface area contributed by atoms with E-state index in [-0.39, 0.29) is 0 Å². The minimum atomic E-state index is 0.484. The van der Waals surface area contributed by atoms with Crippen LogP contribution >= 0.6 is 0 Å². The van der Waals surface area contributed by atoms with Crippen LogP contribution in [0.1, 0.15) is 30.1 Å². The number of rotatable bonds is 4. The van der Waals surface area contributed by atoms with E-state index in [4.69, 9.17) is 0 Å². The quantitative estimate of drug-likeness (QED) is 0.784. The second-order valence-electron chi connectivity index (χ2n) is 6.64. The van der Waals surface area contributed by atoms with Crippen LogP contribution in [0.2, 0.25) is 0 Å². The number of anilines is 1. The van der Waals surface area contributed by atoms with Crippen molar-refractivity contribution in [2.75, 3.05) is 18.0 Å². The molecule has 1 N–H and O–H groups in total. The Morgan fingerprint density at radius 2 is 1.84 bits per heavy atom. The van der Waals surface area contributed by atoms with Gasteiger partial charge >= 0.3 is 0 Å². The van der Waals surface area contributed by atoms with Crippen molar-refractivity contribution in [2.24, 2.45) is 0 Å². The molecule has 7 nitrogen and oxygen atoms in total. The molecule has 0 saturated carbocycles. The molecule has 0 spiro atoms. The highest BCUT2D eigenvalue weighted by molar-refractivity contribution is 5.37. The van der Waals surface area contributed by atoms with E-state index in [2.05, 4.69) is 30.4 Å². The Kier molecular flexibility index (Phi) is 4.31. The third kappa shape index (κ3) is 3.46. The van der Waals surface area contributed by atoms with Crippen molar-refractivity contribution in [1.29, 1.82) is 0 Å². The molecular weight excluding hydrogens is 314 g/mol. The molecule has 0 unspecified atom stereocenters. The predicted octanol–water partition coefficient (Wildman–Crippen LogP) is 1.89. The maximum Gasteiger partial charge on any atom is 0.225 e. The van der Waals surface area contributed by atoms with E-state index in [1.807, 2.05) is 48.7 Å². The topological polar surface area (TPSA) is 71.2 Å². The number of nitrogens with zero attached hydrogens (tertiary/aromatic N) is 6. The summed E-state index contributed by atoms with van der Waals surface area (Å²) in [5.41, 5.74) is 2.95. The molecule has 0 radical (unpaired) electrons. The van der Waals surface area contributed by atoms with Gasteiger partial charge < -0.3 is 10.2 Å². The van der Waals surface area contributed by atoms with Crippen LogP contribution in [0.3, 0.4) is 0 Å². The maximum atomic E-state index is 4.58. The van der Waals surface area contributed by atoms with E-state index in [0.717, 1.165) is 61.3 Å². The highest BCUT2D eigenvalue weighted by atomic mass is 15.3. The summed E-state index contributed by atoms with van der Waals surface area (Å²) >= 11 is 0. The Balaban J connectivity index is 1.34. The van der Waals surface area contributed by atoms with Gasteiger partial charge in [0.2, 0.25) is 5.95 Å². The van der Waals surface area contributed by atoms with Crippen molar-refractivity contribution >= 4 is 11.6 Å². The normalized spacial score (nSPS) is 15.8. The van der Waals surface area contributed by atoms with Gasteiger partial charge in [-0.05, 0) is 44.9 Å². The van der Waals surface area contributed by atoms with Gasteiger partial charge in [-0.2, -0.15) is 0 Å². The van der Waals surface area contributed by atoms with Crippen molar-refractivity contribution < 1.29 is 0 Å². The molecule has 4 rings (SSSR count). The van der Waals surface area contributed by atoms with Gasteiger partial charge in [0, 0.05) is 36.7 Å². The van der Waals surface area contributed by atoms with Crippen molar-refractivity contribution in [3.63, 3.8) is 0 Å². The molecule has 0 amide bonds. The maximum absolute atomic E-state index is 4.58. The molecule has 1 fully saturated rings. The van der Waals surface area contributed by atoms with Crippen LogP contribution in [-0.2, 0) is 6.54 Å². The highest BCUT2D eigenvalue weighted by Gasteiger charge is 2.21. The second-order valence-corrected chi connectivity index (χ2v) is 6.64. The number of piperidine rings is 1.